The molecule has 5 heteroatoms. The highest BCUT2D eigenvalue weighted by Crippen LogP contribution is 2.11. The third-order valence-electron chi connectivity index (χ3n) is 3.14. The molecule has 0 saturated heterocycles. The van der Waals surface area contributed by atoms with Crippen molar-refractivity contribution in [3.05, 3.63) is 59.9 Å². The maximum absolute atomic E-state index is 10.8. The van der Waals surface area contributed by atoms with Crippen molar-refractivity contribution in [2.75, 3.05) is 20.3 Å². The summed E-state index contributed by atoms with van der Waals surface area (Å²) in [5, 5.41) is 10.8. The van der Waals surface area contributed by atoms with Crippen molar-refractivity contribution in [3.63, 3.8) is 0 Å². The van der Waals surface area contributed by atoms with E-state index in [9.17, 15) is 9.90 Å². The van der Waals surface area contributed by atoms with E-state index in [0.29, 0.717) is 12.5 Å². The minimum Gasteiger partial charge on any atom is -0.545 e. The highest BCUT2D eigenvalue weighted by atomic mass is 16.5. The average Bonchev–Trinajstić information content (AvgIpc) is 2.52. The summed E-state index contributed by atoms with van der Waals surface area (Å²) in [4.78, 5) is 16.0. The number of quaternary nitrogens is 1. The molecule has 0 bridgehead atoms. The van der Waals surface area contributed by atoms with Crippen LogP contribution in [-0.2, 0) is 6.42 Å². The van der Waals surface area contributed by atoms with E-state index in [4.69, 9.17) is 4.74 Å². The van der Waals surface area contributed by atoms with Gasteiger partial charge in [-0.15, -0.1) is 0 Å². The number of aromatic nitrogens is 1. The highest BCUT2D eigenvalue weighted by molar-refractivity contribution is 5.86. The quantitative estimate of drug-likeness (QED) is 0.699. The van der Waals surface area contributed by atoms with Gasteiger partial charge in [0, 0.05) is 24.4 Å². The maximum Gasteiger partial charge on any atom is 0.222 e. The first-order valence-corrected chi connectivity index (χ1v) is 6.79. The molecule has 1 N–H and O–H groups in total. The van der Waals surface area contributed by atoms with Crippen molar-refractivity contribution in [3.8, 4) is 5.75 Å². The van der Waals surface area contributed by atoms with Crippen LogP contribution in [0.15, 0.2) is 48.8 Å². The van der Waals surface area contributed by atoms with Gasteiger partial charge >= 0.3 is 0 Å². The molecule has 5 nitrogen and oxygen atoms in total. The van der Waals surface area contributed by atoms with Gasteiger partial charge in [0.15, 0.2) is 0 Å². The molecule has 0 fully saturated rings. The normalized spacial score (nSPS) is 11.9. The van der Waals surface area contributed by atoms with Crippen LogP contribution in [0.1, 0.15) is 15.9 Å². The predicted molar refractivity (Wildman–Crippen MR) is 76.0 cm³/mol. The second kappa shape index (κ2) is 7.40. The van der Waals surface area contributed by atoms with Gasteiger partial charge in [-0.3, -0.25) is 4.98 Å². The molecule has 0 aliphatic heterocycles. The molecule has 1 unspecified atom stereocenters. The molecule has 0 radical (unpaired) electrons. The van der Waals surface area contributed by atoms with Gasteiger partial charge in [-0.1, -0.05) is 12.1 Å². The number of carboxylic acid groups (broad SMARTS) is 1. The van der Waals surface area contributed by atoms with Crippen molar-refractivity contribution in [1.29, 1.82) is 0 Å². The fourth-order valence-corrected chi connectivity index (χ4v) is 1.90. The molecule has 1 heterocycles. The minimum atomic E-state index is -1.20. The Labute approximate surface area is 123 Å². The Kier molecular flexibility index (Phi) is 5.29. The maximum atomic E-state index is 10.8. The molecule has 2 aromatic rings. The number of carbonyl (C=O) groups excluding carboxylic acids is 1. The summed E-state index contributed by atoms with van der Waals surface area (Å²) in [5.74, 6) is -0.654. The third kappa shape index (κ3) is 4.89. The minimum absolute atomic E-state index is 0.127. The number of likely N-dealkylation sites (N-methyl/N-ethyl adjacent to an activating group) is 1. The summed E-state index contributed by atoms with van der Waals surface area (Å²) in [7, 11) is 2.03. The molecule has 21 heavy (non-hydrogen) atoms. The zero-order valence-corrected chi connectivity index (χ0v) is 11.9. The van der Waals surface area contributed by atoms with E-state index in [1.165, 1.54) is 22.6 Å². The van der Waals surface area contributed by atoms with Crippen LogP contribution in [0.5, 0.6) is 5.75 Å². The van der Waals surface area contributed by atoms with Crippen molar-refractivity contribution >= 4 is 5.97 Å². The van der Waals surface area contributed by atoms with Crippen molar-refractivity contribution < 1.29 is 19.5 Å². The Hall–Kier alpha value is -2.40. The van der Waals surface area contributed by atoms with Gasteiger partial charge in [0.1, 0.15) is 5.75 Å². The lowest BCUT2D eigenvalue weighted by atomic mass is 10.2. The van der Waals surface area contributed by atoms with Crippen LogP contribution in [0.2, 0.25) is 0 Å². The molecule has 0 aliphatic carbocycles. The predicted octanol–water partition coefficient (Wildman–Crippen LogP) is -0.461. The number of nitrogens with zero attached hydrogens (tertiary/aromatic N) is 1. The first-order chi connectivity index (χ1) is 10.1. The summed E-state index contributed by atoms with van der Waals surface area (Å²) in [6.45, 7) is 1.39. The third-order valence-corrected chi connectivity index (χ3v) is 3.14. The Bertz CT molecular complexity index is 587. The second-order valence-corrected chi connectivity index (χ2v) is 4.92. The average molecular weight is 286 g/mol. The Balaban J connectivity index is 1.80. The number of carbonyl (C=O) groups is 1. The first kappa shape index (κ1) is 15.0. The highest BCUT2D eigenvalue weighted by Gasteiger charge is 2.04. The molecular weight excluding hydrogens is 268 g/mol. The van der Waals surface area contributed by atoms with Crippen LogP contribution in [0, 0.1) is 0 Å². The van der Waals surface area contributed by atoms with E-state index in [1.54, 1.807) is 24.5 Å². The van der Waals surface area contributed by atoms with E-state index < -0.39 is 5.97 Å². The molecule has 110 valence electrons. The molecule has 2 rings (SSSR count). The molecule has 1 aromatic heterocycles. The molecule has 1 aromatic carbocycles. The molecule has 0 saturated carbocycles. The number of nitrogens with one attached hydrogen (secondary N) is 1. The number of aromatic carboxylic acids is 1. The van der Waals surface area contributed by atoms with Gasteiger partial charge in [0.2, 0.25) is 6.73 Å². The van der Waals surface area contributed by atoms with Crippen LogP contribution in [0.3, 0.4) is 0 Å². The lowest BCUT2D eigenvalue weighted by Gasteiger charge is -2.15. The number of benzene rings is 1. The summed E-state index contributed by atoms with van der Waals surface area (Å²) < 4.78 is 5.61. The van der Waals surface area contributed by atoms with Gasteiger partial charge in [-0.25, -0.2) is 0 Å². The number of carboxylic acids is 1. The summed E-state index contributed by atoms with van der Waals surface area (Å²) in [6, 6.07) is 10.3. The van der Waals surface area contributed by atoms with Gasteiger partial charge in [0.25, 0.3) is 0 Å². The van der Waals surface area contributed by atoms with E-state index in [1.807, 2.05) is 19.2 Å². The first-order valence-electron chi connectivity index (χ1n) is 6.79. The molecule has 0 spiro atoms. The number of ether oxygens (including phenoxy) is 1. The smallest absolute Gasteiger partial charge is 0.222 e. The monoisotopic (exact) mass is 286 g/mol. The lowest BCUT2D eigenvalue weighted by molar-refractivity contribution is -0.895. The van der Waals surface area contributed by atoms with Gasteiger partial charge in [-0.05, 0) is 29.8 Å². The Morgan fingerprint density at radius 3 is 2.76 bits per heavy atom. The SMILES string of the molecule is C[NH+](CCc1ccncc1)COc1cccc(C(=O)[O-])c1. The van der Waals surface area contributed by atoms with Crippen LogP contribution < -0.4 is 14.7 Å². The summed E-state index contributed by atoms with van der Waals surface area (Å²) >= 11 is 0. The van der Waals surface area contributed by atoms with Crippen LogP contribution >= 0.6 is 0 Å². The zero-order valence-electron chi connectivity index (χ0n) is 11.9. The van der Waals surface area contributed by atoms with Crippen molar-refractivity contribution in [1.82, 2.24) is 4.98 Å². The fraction of sp³-hybridized carbons (Fsp3) is 0.250. The molecule has 0 aliphatic rings. The molecule has 0 amide bonds. The van der Waals surface area contributed by atoms with E-state index in [-0.39, 0.29) is 5.56 Å². The number of hydrogen-bond acceptors (Lipinski definition) is 4. The second-order valence-electron chi connectivity index (χ2n) is 4.92. The Morgan fingerprint density at radius 2 is 2.05 bits per heavy atom. The van der Waals surface area contributed by atoms with Crippen LogP contribution in [0.4, 0.5) is 0 Å². The van der Waals surface area contributed by atoms with E-state index in [0.717, 1.165) is 13.0 Å². The fourth-order valence-electron chi connectivity index (χ4n) is 1.90. The summed E-state index contributed by atoms with van der Waals surface area (Å²) in [6.07, 6.45) is 4.51. The van der Waals surface area contributed by atoms with Gasteiger partial charge < -0.3 is 19.5 Å². The zero-order chi connectivity index (χ0) is 15.1. The van der Waals surface area contributed by atoms with Gasteiger partial charge in [0.05, 0.1) is 19.6 Å². The van der Waals surface area contributed by atoms with Crippen molar-refractivity contribution in [2.45, 2.75) is 6.42 Å². The van der Waals surface area contributed by atoms with E-state index >= 15 is 0 Å². The van der Waals surface area contributed by atoms with Gasteiger partial charge in [-0.2, -0.15) is 0 Å². The standard InChI is InChI=1S/C16H18N2O3/c1-18(10-7-13-5-8-17-9-6-13)12-21-15-4-2-3-14(11-15)16(19)20/h2-6,8-9,11H,7,10,12H2,1H3,(H,19,20). The van der Waals surface area contributed by atoms with Crippen LogP contribution in [0.25, 0.3) is 0 Å². The van der Waals surface area contributed by atoms with E-state index in [2.05, 4.69) is 4.98 Å². The molecule has 1 atom stereocenters. The topological polar surface area (TPSA) is 66.7 Å². The lowest BCUT2D eigenvalue weighted by Crippen LogP contribution is -3.10. The number of hydrogen-bond donors (Lipinski definition) is 1. The summed E-state index contributed by atoms with van der Waals surface area (Å²) in [5.41, 5.74) is 1.37. The number of pyridine rings is 1. The van der Waals surface area contributed by atoms with Crippen LogP contribution in [-0.4, -0.2) is 31.3 Å². The molecular formula is C16H18N2O3. The van der Waals surface area contributed by atoms with Crippen molar-refractivity contribution in [2.24, 2.45) is 0 Å². The largest absolute Gasteiger partial charge is 0.545 e. The Morgan fingerprint density at radius 1 is 1.29 bits per heavy atom. The number of rotatable bonds is 7.